The van der Waals surface area contributed by atoms with Crippen LogP contribution in [0.1, 0.15) is 30.5 Å². The summed E-state index contributed by atoms with van der Waals surface area (Å²) in [5, 5.41) is 2.80. The standard InChI is InChI=1S/C21H25NO3/c1-15(2)20(22-19(23)13-17-10-5-4-6-11-17)21(24)25-14-18-12-8-7-9-16(18)3/h4-12,15,20H,13-14H2,1-3H3,(H,22,23)/t20-/m0/s1. The van der Waals surface area contributed by atoms with E-state index in [2.05, 4.69) is 5.32 Å². The molecule has 0 saturated carbocycles. The minimum atomic E-state index is -0.653. The molecule has 0 aliphatic heterocycles. The molecular formula is C21H25NO3. The number of amides is 1. The number of hydrogen-bond donors (Lipinski definition) is 1. The molecule has 1 amide bonds. The zero-order chi connectivity index (χ0) is 18.2. The molecule has 2 aromatic carbocycles. The van der Waals surface area contributed by atoms with E-state index in [0.29, 0.717) is 0 Å². The summed E-state index contributed by atoms with van der Waals surface area (Å²) >= 11 is 0. The summed E-state index contributed by atoms with van der Waals surface area (Å²) in [6, 6.07) is 16.6. The Morgan fingerprint density at radius 3 is 2.28 bits per heavy atom. The highest BCUT2D eigenvalue weighted by Crippen LogP contribution is 2.11. The SMILES string of the molecule is Cc1ccccc1COC(=O)[C@@H](NC(=O)Cc1ccccc1)C(C)C. The van der Waals surface area contributed by atoms with Gasteiger partial charge in [0, 0.05) is 0 Å². The van der Waals surface area contributed by atoms with E-state index < -0.39 is 12.0 Å². The predicted octanol–water partition coefficient (Wildman–Crippen LogP) is 3.42. The second-order valence-corrected chi connectivity index (χ2v) is 6.49. The quantitative estimate of drug-likeness (QED) is 0.787. The number of carbonyl (C=O) groups excluding carboxylic acids is 2. The maximum atomic E-state index is 12.4. The fourth-order valence-electron chi connectivity index (χ4n) is 2.51. The summed E-state index contributed by atoms with van der Waals surface area (Å²) in [5.41, 5.74) is 2.95. The smallest absolute Gasteiger partial charge is 0.329 e. The van der Waals surface area contributed by atoms with Crippen molar-refractivity contribution in [2.75, 3.05) is 0 Å². The van der Waals surface area contributed by atoms with Crippen molar-refractivity contribution >= 4 is 11.9 Å². The Balaban J connectivity index is 1.93. The first-order valence-corrected chi connectivity index (χ1v) is 8.52. The van der Waals surface area contributed by atoms with Crippen LogP contribution in [-0.2, 0) is 27.4 Å². The maximum Gasteiger partial charge on any atom is 0.329 e. The van der Waals surface area contributed by atoms with Crippen LogP contribution in [0.5, 0.6) is 0 Å². The molecule has 0 aliphatic rings. The monoisotopic (exact) mass is 339 g/mol. The van der Waals surface area contributed by atoms with Crippen molar-refractivity contribution in [3.05, 3.63) is 71.3 Å². The van der Waals surface area contributed by atoms with E-state index in [1.807, 2.05) is 75.4 Å². The third-order valence-electron chi connectivity index (χ3n) is 4.08. The summed E-state index contributed by atoms with van der Waals surface area (Å²) in [4.78, 5) is 24.7. The Kier molecular flexibility index (Phi) is 6.75. The second kappa shape index (κ2) is 9.02. The predicted molar refractivity (Wildman–Crippen MR) is 97.9 cm³/mol. The highest BCUT2D eigenvalue weighted by molar-refractivity contribution is 5.85. The van der Waals surface area contributed by atoms with Crippen LogP contribution in [0.15, 0.2) is 54.6 Å². The Labute approximate surface area is 149 Å². The van der Waals surface area contributed by atoms with Crippen molar-refractivity contribution in [3.8, 4) is 0 Å². The van der Waals surface area contributed by atoms with Gasteiger partial charge < -0.3 is 10.1 Å². The van der Waals surface area contributed by atoms with Crippen LogP contribution in [-0.4, -0.2) is 17.9 Å². The largest absolute Gasteiger partial charge is 0.459 e. The molecule has 0 unspecified atom stereocenters. The highest BCUT2D eigenvalue weighted by Gasteiger charge is 2.25. The molecule has 0 heterocycles. The lowest BCUT2D eigenvalue weighted by Crippen LogP contribution is -2.45. The Morgan fingerprint density at radius 2 is 1.64 bits per heavy atom. The fraction of sp³-hybridized carbons (Fsp3) is 0.333. The third-order valence-corrected chi connectivity index (χ3v) is 4.08. The molecule has 1 atom stereocenters. The Morgan fingerprint density at radius 1 is 1.00 bits per heavy atom. The first-order chi connectivity index (χ1) is 12.0. The molecule has 1 N–H and O–H groups in total. The second-order valence-electron chi connectivity index (χ2n) is 6.49. The van der Waals surface area contributed by atoms with E-state index in [0.717, 1.165) is 16.7 Å². The van der Waals surface area contributed by atoms with E-state index >= 15 is 0 Å². The van der Waals surface area contributed by atoms with Gasteiger partial charge in [-0.3, -0.25) is 4.79 Å². The van der Waals surface area contributed by atoms with Gasteiger partial charge in [0.15, 0.2) is 0 Å². The number of benzene rings is 2. The van der Waals surface area contributed by atoms with E-state index in [9.17, 15) is 9.59 Å². The van der Waals surface area contributed by atoms with Crippen molar-refractivity contribution in [1.29, 1.82) is 0 Å². The minimum absolute atomic E-state index is 0.0518. The van der Waals surface area contributed by atoms with Crippen LogP contribution in [0.2, 0.25) is 0 Å². The molecular weight excluding hydrogens is 314 g/mol. The number of rotatable bonds is 7. The lowest BCUT2D eigenvalue weighted by molar-refractivity contribution is -0.150. The lowest BCUT2D eigenvalue weighted by atomic mass is 10.0. The van der Waals surface area contributed by atoms with Crippen LogP contribution in [0.3, 0.4) is 0 Å². The zero-order valence-electron chi connectivity index (χ0n) is 15.0. The van der Waals surface area contributed by atoms with Crippen LogP contribution in [0.25, 0.3) is 0 Å². The highest BCUT2D eigenvalue weighted by atomic mass is 16.5. The van der Waals surface area contributed by atoms with Gasteiger partial charge >= 0.3 is 5.97 Å². The molecule has 0 fully saturated rings. The summed E-state index contributed by atoms with van der Waals surface area (Å²) in [5.74, 6) is -0.637. The molecule has 4 nitrogen and oxygen atoms in total. The van der Waals surface area contributed by atoms with Gasteiger partial charge in [-0.1, -0.05) is 68.4 Å². The molecule has 25 heavy (non-hydrogen) atoms. The van der Waals surface area contributed by atoms with Gasteiger partial charge in [0.25, 0.3) is 0 Å². The summed E-state index contributed by atoms with van der Waals surface area (Å²) in [6.07, 6.45) is 0.245. The summed E-state index contributed by atoms with van der Waals surface area (Å²) < 4.78 is 5.43. The van der Waals surface area contributed by atoms with Crippen LogP contribution in [0.4, 0.5) is 0 Å². The molecule has 0 radical (unpaired) electrons. The zero-order valence-corrected chi connectivity index (χ0v) is 15.0. The van der Waals surface area contributed by atoms with E-state index in [4.69, 9.17) is 4.74 Å². The number of esters is 1. The third kappa shape index (κ3) is 5.75. The first kappa shape index (κ1) is 18.7. The van der Waals surface area contributed by atoms with Gasteiger partial charge in [0.2, 0.25) is 5.91 Å². The molecule has 2 rings (SSSR count). The van der Waals surface area contributed by atoms with Crippen LogP contribution < -0.4 is 5.32 Å². The molecule has 132 valence electrons. The first-order valence-electron chi connectivity index (χ1n) is 8.52. The van der Waals surface area contributed by atoms with Gasteiger partial charge in [0.05, 0.1) is 6.42 Å². The molecule has 0 aliphatic carbocycles. The van der Waals surface area contributed by atoms with Gasteiger partial charge in [-0.15, -0.1) is 0 Å². The van der Waals surface area contributed by atoms with Gasteiger partial charge in [0.1, 0.15) is 12.6 Å². The summed E-state index contributed by atoms with van der Waals surface area (Å²) in [6.45, 7) is 5.97. The molecule has 0 bridgehead atoms. The van der Waals surface area contributed by atoms with Gasteiger partial charge in [-0.2, -0.15) is 0 Å². The minimum Gasteiger partial charge on any atom is -0.459 e. The van der Waals surface area contributed by atoms with Crippen LogP contribution >= 0.6 is 0 Å². The topological polar surface area (TPSA) is 55.4 Å². The number of carbonyl (C=O) groups is 2. The number of aryl methyl sites for hydroxylation is 1. The number of hydrogen-bond acceptors (Lipinski definition) is 3. The van der Waals surface area contributed by atoms with Crippen molar-refractivity contribution in [2.45, 2.75) is 39.8 Å². The molecule has 0 saturated heterocycles. The van der Waals surface area contributed by atoms with Gasteiger partial charge in [-0.25, -0.2) is 4.79 Å². The van der Waals surface area contributed by atoms with Gasteiger partial charge in [-0.05, 0) is 29.5 Å². The molecule has 0 spiro atoms. The van der Waals surface area contributed by atoms with E-state index in [-0.39, 0.29) is 24.9 Å². The molecule has 4 heteroatoms. The maximum absolute atomic E-state index is 12.4. The number of nitrogens with one attached hydrogen (secondary N) is 1. The van der Waals surface area contributed by atoms with Crippen molar-refractivity contribution < 1.29 is 14.3 Å². The normalized spacial score (nSPS) is 11.8. The number of ether oxygens (including phenoxy) is 1. The molecule has 0 aromatic heterocycles. The lowest BCUT2D eigenvalue weighted by Gasteiger charge is -2.21. The van der Waals surface area contributed by atoms with Crippen molar-refractivity contribution in [2.24, 2.45) is 5.92 Å². The Bertz CT molecular complexity index is 710. The average molecular weight is 339 g/mol. The van der Waals surface area contributed by atoms with Crippen molar-refractivity contribution in [3.63, 3.8) is 0 Å². The Hall–Kier alpha value is -2.62. The van der Waals surface area contributed by atoms with Crippen LogP contribution in [0, 0.1) is 12.8 Å². The van der Waals surface area contributed by atoms with E-state index in [1.54, 1.807) is 0 Å². The molecule has 2 aromatic rings. The van der Waals surface area contributed by atoms with E-state index in [1.165, 1.54) is 0 Å². The average Bonchev–Trinajstić information content (AvgIpc) is 2.59. The fourth-order valence-corrected chi connectivity index (χ4v) is 2.51. The summed E-state index contributed by atoms with van der Waals surface area (Å²) in [7, 11) is 0. The van der Waals surface area contributed by atoms with Crippen molar-refractivity contribution in [1.82, 2.24) is 5.32 Å².